The molecule has 0 spiro atoms. The fourth-order valence-electron chi connectivity index (χ4n) is 2.34. The summed E-state index contributed by atoms with van der Waals surface area (Å²) in [5.41, 5.74) is 0.892. The van der Waals surface area contributed by atoms with Crippen molar-refractivity contribution in [3.05, 3.63) is 30.5 Å². The quantitative estimate of drug-likeness (QED) is 0.696. The molecule has 0 aliphatic carbocycles. The molecular formula is C13H15N3O. The van der Waals surface area contributed by atoms with Crippen LogP contribution in [0.15, 0.2) is 30.5 Å². The van der Waals surface area contributed by atoms with E-state index in [9.17, 15) is 4.79 Å². The summed E-state index contributed by atoms with van der Waals surface area (Å²) in [4.78, 5) is 14.2. The molecular weight excluding hydrogens is 214 g/mol. The van der Waals surface area contributed by atoms with E-state index in [2.05, 4.69) is 5.10 Å². The summed E-state index contributed by atoms with van der Waals surface area (Å²) in [6, 6.07) is 7.81. The van der Waals surface area contributed by atoms with Gasteiger partial charge in [0.2, 0.25) is 0 Å². The van der Waals surface area contributed by atoms with Gasteiger partial charge in [0.15, 0.2) is 0 Å². The first-order valence-corrected chi connectivity index (χ1v) is 6.08. The molecule has 0 saturated carbocycles. The van der Waals surface area contributed by atoms with Crippen molar-refractivity contribution in [3.63, 3.8) is 0 Å². The molecule has 0 atom stereocenters. The number of hydrogen-bond donors (Lipinski definition) is 0. The Bertz CT molecular complexity index is 540. The molecule has 2 aromatic rings. The fraction of sp³-hybridized carbons (Fsp3) is 0.385. The van der Waals surface area contributed by atoms with Gasteiger partial charge < -0.3 is 4.90 Å². The van der Waals surface area contributed by atoms with Gasteiger partial charge in [-0.05, 0) is 25.3 Å². The summed E-state index contributed by atoms with van der Waals surface area (Å²) in [7, 11) is 0. The van der Waals surface area contributed by atoms with E-state index >= 15 is 0 Å². The Hall–Kier alpha value is -1.84. The molecule has 4 nitrogen and oxygen atoms in total. The van der Waals surface area contributed by atoms with Crippen LogP contribution in [-0.4, -0.2) is 33.8 Å². The van der Waals surface area contributed by atoms with Crippen molar-refractivity contribution < 1.29 is 4.79 Å². The highest BCUT2D eigenvalue weighted by atomic mass is 16.2. The van der Waals surface area contributed by atoms with Crippen LogP contribution in [0.4, 0.5) is 4.79 Å². The van der Waals surface area contributed by atoms with Crippen LogP contribution in [0.3, 0.4) is 0 Å². The number of para-hydroxylation sites is 1. The van der Waals surface area contributed by atoms with Crippen molar-refractivity contribution in [2.45, 2.75) is 19.3 Å². The lowest BCUT2D eigenvalue weighted by atomic mass is 10.1. The lowest BCUT2D eigenvalue weighted by Gasteiger charge is -2.26. The van der Waals surface area contributed by atoms with E-state index in [1.54, 1.807) is 6.20 Å². The predicted octanol–water partition coefficient (Wildman–Crippen LogP) is 2.49. The van der Waals surface area contributed by atoms with Crippen molar-refractivity contribution in [1.82, 2.24) is 14.7 Å². The van der Waals surface area contributed by atoms with E-state index in [1.807, 2.05) is 29.2 Å². The number of nitrogens with zero attached hydrogens (tertiary/aromatic N) is 3. The van der Waals surface area contributed by atoms with Crippen LogP contribution in [0.5, 0.6) is 0 Å². The van der Waals surface area contributed by atoms with Crippen molar-refractivity contribution in [2.75, 3.05) is 13.1 Å². The van der Waals surface area contributed by atoms with Crippen molar-refractivity contribution in [2.24, 2.45) is 0 Å². The monoisotopic (exact) mass is 229 g/mol. The van der Waals surface area contributed by atoms with Gasteiger partial charge in [-0.1, -0.05) is 18.2 Å². The Morgan fingerprint density at radius 1 is 1.12 bits per heavy atom. The number of likely N-dealkylation sites (tertiary alicyclic amines) is 1. The SMILES string of the molecule is O=C(N1CCCCC1)n1ncc2ccccc21. The summed E-state index contributed by atoms with van der Waals surface area (Å²) in [6.07, 6.45) is 5.18. The highest BCUT2D eigenvalue weighted by Gasteiger charge is 2.19. The number of carbonyl (C=O) groups is 1. The number of carbonyl (C=O) groups excluding carboxylic acids is 1. The van der Waals surface area contributed by atoms with Crippen LogP contribution in [0.25, 0.3) is 10.9 Å². The summed E-state index contributed by atoms with van der Waals surface area (Å²) < 4.78 is 1.51. The second kappa shape index (κ2) is 4.20. The first-order chi connectivity index (χ1) is 8.36. The van der Waals surface area contributed by atoms with Gasteiger partial charge in [-0.15, -0.1) is 0 Å². The molecule has 88 valence electrons. The average Bonchev–Trinajstić information content (AvgIpc) is 2.83. The Morgan fingerprint density at radius 2 is 1.88 bits per heavy atom. The smallest absolute Gasteiger partial charge is 0.323 e. The van der Waals surface area contributed by atoms with Crippen LogP contribution in [0, 0.1) is 0 Å². The van der Waals surface area contributed by atoms with Gasteiger partial charge in [-0.2, -0.15) is 9.78 Å². The molecule has 3 rings (SSSR count). The van der Waals surface area contributed by atoms with E-state index in [1.165, 1.54) is 11.1 Å². The first-order valence-electron chi connectivity index (χ1n) is 6.08. The zero-order valence-electron chi connectivity index (χ0n) is 9.67. The maximum absolute atomic E-state index is 12.3. The summed E-state index contributed by atoms with van der Waals surface area (Å²) >= 11 is 0. The molecule has 2 heterocycles. The Kier molecular flexibility index (Phi) is 2.55. The molecule has 1 fully saturated rings. The molecule has 1 aliphatic rings. The number of fused-ring (bicyclic) bond motifs is 1. The lowest BCUT2D eigenvalue weighted by Crippen LogP contribution is -2.38. The zero-order chi connectivity index (χ0) is 11.7. The largest absolute Gasteiger partial charge is 0.345 e. The van der Waals surface area contributed by atoms with Crippen LogP contribution < -0.4 is 0 Å². The number of amides is 1. The van der Waals surface area contributed by atoms with Crippen LogP contribution in [0.1, 0.15) is 19.3 Å². The number of piperidine rings is 1. The van der Waals surface area contributed by atoms with Crippen LogP contribution in [-0.2, 0) is 0 Å². The molecule has 0 bridgehead atoms. The highest BCUT2D eigenvalue weighted by Crippen LogP contribution is 2.15. The minimum absolute atomic E-state index is 0.00546. The normalized spacial score (nSPS) is 16.4. The van der Waals surface area contributed by atoms with Gasteiger partial charge in [0, 0.05) is 18.5 Å². The third-order valence-corrected chi connectivity index (χ3v) is 3.29. The van der Waals surface area contributed by atoms with Gasteiger partial charge >= 0.3 is 6.03 Å². The van der Waals surface area contributed by atoms with E-state index in [0.717, 1.165) is 36.8 Å². The van der Waals surface area contributed by atoms with E-state index < -0.39 is 0 Å². The third-order valence-electron chi connectivity index (χ3n) is 3.29. The van der Waals surface area contributed by atoms with Gasteiger partial charge in [0.25, 0.3) is 0 Å². The number of hydrogen-bond acceptors (Lipinski definition) is 2. The Labute approximate surface area is 99.8 Å². The van der Waals surface area contributed by atoms with Crippen LogP contribution in [0.2, 0.25) is 0 Å². The number of rotatable bonds is 0. The molecule has 0 unspecified atom stereocenters. The van der Waals surface area contributed by atoms with Crippen molar-refractivity contribution >= 4 is 16.9 Å². The number of benzene rings is 1. The lowest BCUT2D eigenvalue weighted by molar-refractivity contribution is 0.186. The Morgan fingerprint density at radius 3 is 2.71 bits per heavy atom. The molecule has 1 aliphatic heterocycles. The molecule has 1 amide bonds. The molecule has 1 aromatic heterocycles. The molecule has 4 heteroatoms. The van der Waals surface area contributed by atoms with Gasteiger partial charge in [-0.25, -0.2) is 4.79 Å². The first kappa shape index (κ1) is 10.3. The van der Waals surface area contributed by atoms with E-state index in [-0.39, 0.29) is 6.03 Å². The number of aromatic nitrogens is 2. The summed E-state index contributed by atoms with van der Waals surface area (Å²) in [6.45, 7) is 1.71. The predicted molar refractivity (Wildman–Crippen MR) is 66.0 cm³/mol. The molecule has 1 aromatic carbocycles. The molecule has 0 radical (unpaired) electrons. The third kappa shape index (κ3) is 1.79. The van der Waals surface area contributed by atoms with Crippen LogP contribution >= 0.6 is 0 Å². The molecule has 17 heavy (non-hydrogen) atoms. The fourth-order valence-corrected chi connectivity index (χ4v) is 2.34. The zero-order valence-corrected chi connectivity index (χ0v) is 9.67. The van der Waals surface area contributed by atoms with E-state index in [4.69, 9.17) is 0 Å². The molecule has 0 N–H and O–H groups in total. The standard InChI is InChI=1S/C13H15N3O/c17-13(15-8-4-1-5-9-15)16-12-7-3-2-6-11(12)10-14-16/h2-3,6-7,10H,1,4-5,8-9H2. The minimum atomic E-state index is 0.00546. The average molecular weight is 229 g/mol. The maximum atomic E-state index is 12.3. The molecule has 1 saturated heterocycles. The van der Waals surface area contributed by atoms with Crippen molar-refractivity contribution in [3.8, 4) is 0 Å². The Balaban J connectivity index is 1.95. The maximum Gasteiger partial charge on any atom is 0.345 e. The van der Waals surface area contributed by atoms with Crippen molar-refractivity contribution in [1.29, 1.82) is 0 Å². The topological polar surface area (TPSA) is 38.1 Å². The van der Waals surface area contributed by atoms with Gasteiger partial charge in [0.05, 0.1) is 11.7 Å². The second-order valence-electron chi connectivity index (χ2n) is 4.45. The van der Waals surface area contributed by atoms with E-state index in [0.29, 0.717) is 0 Å². The minimum Gasteiger partial charge on any atom is -0.323 e. The summed E-state index contributed by atoms with van der Waals surface area (Å²) in [5, 5.41) is 5.21. The van der Waals surface area contributed by atoms with Gasteiger partial charge in [0.1, 0.15) is 0 Å². The second-order valence-corrected chi connectivity index (χ2v) is 4.45. The highest BCUT2D eigenvalue weighted by molar-refractivity contribution is 5.89. The summed E-state index contributed by atoms with van der Waals surface area (Å²) in [5.74, 6) is 0. The van der Waals surface area contributed by atoms with Gasteiger partial charge in [-0.3, -0.25) is 0 Å².